The molecular formula is C14H25N3S. The minimum Gasteiger partial charge on any atom is -0.319 e. The van der Waals surface area contributed by atoms with E-state index in [9.17, 15) is 0 Å². The van der Waals surface area contributed by atoms with Crippen LogP contribution in [0.5, 0.6) is 0 Å². The zero-order valence-corrected chi connectivity index (χ0v) is 12.8. The Bertz CT molecular complexity index is 386. The fraction of sp³-hybridized carbons (Fsp3) is 0.786. The predicted molar refractivity (Wildman–Crippen MR) is 78.5 cm³/mol. The Morgan fingerprint density at radius 1 is 1.56 bits per heavy atom. The molecule has 0 aromatic carbocycles. The number of likely N-dealkylation sites (tertiary alicyclic amines) is 1. The van der Waals surface area contributed by atoms with Crippen LogP contribution in [0, 0.1) is 0 Å². The molecule has 1 fully saturated rings. The molecule has 1 aromatic rings. The largest absolute Gasteiger partial charge is 0.319 e. The second-order valence-corrected chi connectivity index (χ2v) is 6.95. The molecule has 1 N–H and O–H groups in total. The molecule has 1 unspecified atom stereocenters. The number of rotatable bonds is 4. The number of hydrogen-bond acceptors (Lipinski definition) is 4. The van der Waals surface area contributed by atoms with Crippen molar-refractivity contribution in [2.45, 2.75) is 38.0 Å². The van der Waals surface area contributed by atoms with E-state index in [1.165, 1.54) is 30.1 Å². The van der Waals surface area contributed by atoms with Crippen LogP contribution in [0.25, 0.3) is 0 Å². The summed E-state index contributed by atoms with van der Waals surface area (Å²) < 4.78 is 0. The van der Waals surface area contributed by atoms with Crippen molar-refractivity contribution in [3.8, 4) is 0 Å². The molecule has 0 amide bonds. The maximum atomic E-state index is 4.91. The van der Waals surface area contributed by atoms with Crippen LogP contribution in [0.15, 0.2) is 5.38 Å². The number of hydrogen-bond donors (Lipinski definition) is 1. The van der Waals surface area contributed by atoms with Gasteiger partial charge in [0, 0.05) is 29.8 Å². The van der Waals surface area contributed by atoms with Gasteiger partial charge in [-0.2, -0.15) is 0 Å². The zero-order chi connectivity index (χ0) is 13.2. The van der Waals surface area contributed by atoms with E-state index in [-0.39, 0.29) is 5.41 Å². The molecule has 3 nitrogen and oxygen atoms in total. The molecule has 1 atom stereocenters. The first-order valence-electron chi connectivity index (χ1n) is 6.82. The van der Waals surface area contributed by atoms with Crippen molar-refractivity contribution in [2.75, 3.05) is 33.7 Å². The van der Waals surface area contributed by atoms with Gasteiger partial charge < -0.3 is 10.2 Å². The highest BCUT2D eigenvalue weighted by Crippen LogP contribution is 2.31. The van der Waals surface area contributed by atoms with Crippen LogP contribution in [-0.2, 0) is 5.41 Å². The second-order valence-electron chi connectivity index (χ2n) is 6.09. The second kappa shape index (κ2) is 5.68. The van der Waals surface area contributed by atoms with Crippen molar-refractivity contribution < 1.29 is 0 Å². The Kier molecular flexibility index (Phi) is 4.41. The Morgan fingerprint density at radius 3 is 3.00 bits per heavy atom. The normalized spacial score (nSPS) is 22.3. The number of nitrogens with one attached hydrogen (secondary N) is 1. The summed E-state index contributed by atoms with van der Waals surface area (Å²) in [6.07, 6.45) is 2.59. The highest BCUT2D eigenvalue weighted by Gasteiger charge is 2.26. The van der Waals surface area contributed by atoms with Gasteiger partial charge in [-0.25, -0.2) is 4.98 Å². The summed E-state index contributed by atoms with van der Waals surface area (Å²) in [7, 11) is 4.22. The SMILES string of the molecule is CNCC(C)(C)c1nc(C2CCCN(C)C2)cs1. The van der Waals surface area contributed by atoms with E-state index in [1.54, 1.807) is 0 Å². The van der Waals surface area contributed by atoms with Gasteiger partial charge in [0.1, 0.15) is 0 Å². The summed E-state index contributed by atoms with van der Waals surface area (Å²) in [5.74, 6) is 0.638. The van der Waals surface area contributed by atoms with E-state index in [1.807, 2.05) is 18.4 Å². The first kappa shape index (κ1) is 14.0. The van der Waals surface area contributed by atoms with Crippen LogP contribution in [-0.4, -0.2) is 43.6 Å². The Balaban J connectivity index is 2.10. The molecule has 0 saturated carbocycles. The first-order valence-corrected chi connectivity index (χ1v) is 7.70. The van der Waals surface area contributed by atoms with E-state index in [4.69, 9.17) is 4.98 Å². The van der Waals surface area contributed by atoms with Crippen LogP contribution in [0.2, 0.25) is 0 Å². The van der Waals surface area contributed by atoms with Gasteiger partial charge in [0.15, 0.2) is 0 Å². The van der Waals surface area contributed by atoms with Crippen LogP contribution in [0.1, 0.15) is 43.3 Å². The van der Waals surface area contributed by atoms with E-state index in [0.29, 0.717) is 5.92 Å². The third kappa shape index (κ3) is 3.11. The summed E-state index contributed by atoms with van der Waals surface area (Å²) in [6.45, 7) is 7.90. The number of piperidine rings is 1. The molecule has 2 heterocycles. The molecule has 4 heteroatoms. The van der Waals surface area contributed by atoms with Crippen molar-refractivity contribution in [3.05, 3.63) is 16.1 Å². The van der Waals surface area contributed by atoms with Crippen molar-refractivity contribution in [1.29, 1.82) is 0 Å². The van der Waals surface area contributed by atoms with E-state index in [2.05, 4.69) is 36.5 Å². The number of thiazole rings is 1. The number of likely N-dealkylation sites (N-methyl/N-ethyl adjacent to an activating group) is 2. The molecule has 1 aromatic heterocycles. The minimum atomic E-state index is 0.137. The fourth-order valence-electron chi connectivity index (χ4n) is 2.71. The van der Waals surface area contributed by atoms with Gasteiger partial charge in [-0.05, 0) is 33.5 Å². The Labute approximate surface area is 115 Å². The van der Waals surface area contributed by atoms with Gasteiger partial charge in [-0.1, -0.05) is 13.8 Å². The molecule has 0 bridgehead atoms. The van der Waals surface area contributed by atoms with Gasteiger partial charge in [-0.15, -0.1) is 11.3 Å². The molecule has 2 rings (SSSR count). The Hall–Kier alpha value is -0.450. The highest BCUT2D eigenvalue weighted by molar-refractivity contribution is 7.09. The third-order valence-corrected chi connectivity index (χ3v) is 4.99. The van der Waals surface area contributed by atoms with E-state index in [0.717, 1.165) is 13.1 Å². The molecule has 1 aliphatic heterocycles. The first-order chi connectivity index (χ1) is 8.53. The third-order valence-electron chi connectivity index (χ3n) is 3.76. The van der Waals surface area contributed by atoms with Crippen LogP contribution < -0.4 is 5.32 Å². The maximum absolute atomic E-state index is 4.91. The molecule has 0 spiro atoms. The monoisotopic (exact) mass is 267 g/mol. The van der Waals surface area contributed by atoms with Crippen molar-refractivity contribution >= 4 is 11.3 Å². The van der Waals surface area contributed by atoms with Crippen LogP contribution in [0.3, 0.4) is 0 Å². The van der Waals surface area contributed by atoms with Crippen LogP contribution >= 0.6 is 11.3 Å². The lowest BCUT2D eigenvalue weighted by molar-refractivity contribution is 0.248. The number of nitrogens with zero attached hydrogens (tertiary/aromatic N) is 2. The van der Waals surface area contributed by atoms with Gasteiger partial charge in [0.25, 0.3) is 0 Å². The number of aromatic nitrogens is 1. The minimum absolute atomic E-state index is 0.137. The van der Waals surface area contributed by atoms with Crippen molar-refractivity contribution in [3.63, 3.8) is 0 Å². The average molecular weight is 267 g/mol. The Morgan fingerprint density at radius 2 is 2.33 bits per heavy atom. The average Bonchev–Trinajstić information content (AvgIpc) is 2.78. The fourth-order valence-corrected chi connectivity index (χ4v) is 3.74. The maximum Gasteiger partial charge on any atom is 0.0997 e. The summed E-state index contributed by atoms with van der Waals surface area (Å²) in [4.78, 5) is 7.33. The van der Waals surface area contributed by atoms with Crippen LogP contribution in [0.4, 0.5) is 0 Å². The van der Waals surface area contributed by atoms with Gasteiger partial charge in [0.05, 0.1) is 10.7 Å². The molecule has 1 aliphatic rings. The van der Waals surface area contributed by atoms with Gasteiger partial charge >= 0.3 is 0 Å². The van der Waals surface area contributed by atoms with Crippen molar-refractivity contribution in [1.82, 2.24) is 15.2 Å². The molecule has 1 saturated heterocycles. The van der Waals surface area contributed by atoms with E-state index < -0.39 is 0 Å². The summed E-state index contributed by atoms with van der Waals surface area (Å²) in [5.41, 5.74) is 1.45. The zero-order valence-electron chi connectivity index (χ0n) is 12.0. The van der Waals surface area contributed by atoms with Crippen molar-refractivity contribution in [2.24, 2.45) is 0 Å². The van der Waals surface area contributed by atoms with E-state index >= 15 is 0 Å². The smallest absolute Gasteiger partial charge is 0.0997 e. The molecule has 102 valence electrons. The molecule has 0 radical (unpaired) electrons. The molecule has 18 heavy (non-hydrogen) atoms. The molecular weight excluding hydrogens is 242 g/mol. The molecule has 0 aliphatic carbocycles. The van der Waals surface area contributed by atoms with Gasteiger partial charge in [0.2, 0.25) is 0 Å². The van der Waals surface area contributed by atoms with Gasteiger partial charge in [-0.3, -0.25) is 0 Å². The topological polar surface area (TPSA) is 28.2 Å². The standard InChI is InChI=1S/C14H25N3S/c1-14(2,10-15-3)13-16-12(9-18-13)11-6-5-7-17(4)8-11/h9,11,15H,5-8,10H2,1-4H3. The summed E-state index contributed by atoms with van der Waals surface area (Å²) in [6, 6.07) is 0. The summed E-state index contributed by atoms with van der Waals surface area (Å²) in [5, 5.41) is 6.80. The summed E-state index contributed by atoms with van der Waals surface area (Å²) >= 11 is 1.82. The lowest BCUT2D eigenvalue weighted by Crippen LogP contribution is -2.32. The highest BCUT2D eigenvalue weighted by atomic mass is 32.1. The predicted octanol–water partition coefficient (Wildman–Crippen LogP) is 2.45. The lowest BCUT2D eigenvalue weighted by Gasteiger charge is -2.28. The quantitative estimate of drug-likeness (QED) is 0.908. The lowest BCUT2D eigenvalue weighted by atomic mass is 9.93.